The smallest absolute Gasteiger partial charge is 0.0992 e. The molecule has 0 radical (unpaired) electrons. The molecule has 1 saturated heterocycles. The lowest BCUT2D eigenvalue weighted by molar-refractivity contribution is 0.190. The van der Waals surface area contributed by atoms with Crippen LogP contribution in [0.1, 0.15) is 36.8 Å². The molecule has 0 unspecified atom stereocenters. The van der Waals surface area contributed by atoms with E-state index in [0.29, 0.717) is 5.56 Å². The summed E-state index contributed by atoms with van der Waals surface area (Å²) in [5, 5.41) is 13.1. The van der Waals surface area contributed by atoms with Gasteiger partial charge in [0, 0.05) is 24.2 Å². The van der Waals surface area contributed by atoms with Gasteiger partial charge in [-0.1, -0.05) is 17.7 Å². The van der Waals surface area contributed by atoms with Gasteiger partial charge in [0.1, 0.15) is 0 Å². The molecule has 1 heterocycles. The molecule has 2 fully saturated rings. The lowest BCUT2D eigenvalue weighted by atomic mass is 9.97. The lowest BCUT2D eigenvalue weighted by Crippen LogP contribution is -2.37. The summed E-state index contributed by atoms with van der Waals surface area (Å²) in [6, 6.07) is 8.56. The molecule has 0 aromatic heterocycles. The molecule has 0 atom stereocenters. The van der Waals surface area contributed by atoms with Crippen molar-refractivity contribution in [1.29, 1.82) is 5.26 Å². The fourth-order valence-electron chi connectivity index (χ4n) is 3.14. The van der Waals surface area contributed by atoms with E-state index < -0.39 is 0 Å². The first kappa shape index (κ1) is 14.8. The topological polar surface area (TPSA) is 39.1 Å². The Bertz CT molecular complexity index is 527. The van der Waals surface area contributed by atoms with Crippen LogP contribution in [0.4, 0.5) is 0 Å². The number of halogens is 1. The highest BCUT2D eigenvalue weighted by atomic mass is 35.5. The minimum Gasteiger partial charge on any atom is -0.317 e. The average Bonchev–Trinajstić information content (AvgIpc) is 3.34. The van der Waals surface area contributed by atoms with Crippen LogP contribution in [-0.2, 0) is 6.54 Å². The summed E-state index contributed by atoms with van der Waals surface area (Å²) in [6.45, 7) is 4.41. The van der Waals surface area contributed by atoms with Crippen LogP contribution in [0.3, 0.4) is 0 Å². The van der Waals surface area contributed by atoms with Gasteiger partial charge in [-0.05, 0) is 62.4 Å². The molecule has 3 rings (SSSR count). The van der Waals surface area contributed by atoms with E-state index in [2.05, 4.69) is 16.3 Å². The Hall–Kier alpha value is -1.08. The van der Waals surface area contributed by atoms with E-state index in [4.69, 9.17) is 16.9 Å². The van der Waals surface area contributed by atoms with Crippen molar-refractivity contribution >= 4 is 11.6 Å². The summed E-state index contributed by atoms with van der Waals surface area (Å²) < 4.78 is 0. The van der Waals surface area contributed by atoms with Gasteiger partial charge in [-0.15, -0.1) is 0 Å². The van der Waals surface area contributed by atoms with Crippen molar-refractivity contribution in [2.75, 3.05) is 19.6 Å². The summed E-state index contributed by atoms with van der Waals surface area (Å²) in [4.78, 5) is 2.60. The molecule has 0 amide bonds. The molecule has 1 aromatic rings. The summed E-state index contributed by atoms with van der Waals surface area (Å²) in [6.07, 6.45) is 5.20. The van der Waals surface area contributed by atoms with Crippen molar-refractivity contribution in [1.82, 2.24) is 10.2 Å². The first-order valence-corrected chi connectivity index (χ1v) is 8.27. The maximum Gasteiger partial charge on any atom is 0.0992 e. The summed E-state index contributed by atoms with van der Waals surface area (Å²) in [7, 11) is 0. The molecule has 1 aliphatic heterocycles. The van der Waals surface area contributed by atoms with Gasteiger partial charge >= 0.3 is 0 Å². The number of hydrogen-bond acceptors (Lipinski definition) is 3. The minimum absolute atomic E-state index is 0.639. The van der Waals surface area contributed by atoms with E-state index in [1.165, 1.54) is 32.2 Å². The number of nitrogens with zero attached hydrogens (tertiary/aromatic N) is 2. The standard InChI is InChI=1S/C17H22ClN3/c18-17-9-14(10-19)1-2-15(17)12-21(16-3-4-16)11-13-5-7-20-8-6-13/h1-2,9,13,16,20H,3-8,11-12H2. The number of benzene rings is 1. The maximum atomic E-state index is 8.92. The molecular formula is C17H22ClN3. The van der Waals surface area contributed by atoms with Crippen LogP contribution < -0.4 is 5.32 Å². The van der Waals surface area contributed by atoms with Crippen LogP contribution in [0.2, 0.25) is 5.02 Å². The van der Waals surface area contributed by atoms with E-state index in [1.54, 1.807) is 6.07 Å². The van der Waals surface area contributed by atoms with Gasteiger partial charge in [0.05, 0.1) is 11.6 Å². The molecule has 3 nitrogen and oxygen atoms in total. The fraction of sp³-hybridized carbons (Fsp3) is 0.588. The Balaban J connectivity index is 1.66. The minimum atomic E-state index is 0.639. The van der Waals surface area contributed by atoms with Crippen molar-refractivity contribution in [3.8, 4) is 6.07 Å². The van der Waals surface area contributed by atoms with Gasteiger partial charge in [-0.3, -0.25) is 4.90 Å². The Morgan fingerprint density at radius 2 is 2.00 bits per heavy atom. The summed E-state index contributed by atoms with van der Waals surface area (Å²) in [5.74, 6) is 0.809. The SMILES string of the molecule is N#Cc1ccc(CN(CC2CCNCC2)C2CC2)c(Cl)c1. The molecular weight excluding hydrogens is 282 g/mol. The molecule has 1 saturated carbocycles. The first-order valence-electron chi connectivity index (χ1n) is 7.89. The monoisotopic (exact) mass is 303 g/mol. The normalized spacial score (nSPS) is 19.7. The second kappa shape index (κ2) is 6.79. The van der Waals surface area contributed by atoms with E-state index in [0.717, 1.165) is 42.2 Å². The van der Waals surface area contributed by atoms with E-state index >= 15 is 0 Å². The van der Waals surface area contributed by atoms with Crippen molar-refractivity contribution in [3.63, 3.8) is 0 Å². The Labute approximate surface area is 131 Å². The fourth-order valence-corrected chi connectivity index (χ4v) is 3.38. The Morgan fingerprint density at radius 3 is 2.62 bits per heavy atom. The van der Waals surface area contributed by atoms with Crippen LogP contribution in [0.25, 0.3) is 0 Å². The van der Waals surface area contributed by atoms with Crippen LogP contribution in [-0.4, -0.2) is 30.6 Å². The number of nitriles is 1. The zero-order chi connectivity index (χ0) is 14.7. The third kappa shape index (κ3) is 3.97. The number of hydrogen-bond donors (Lipinski definition) is 1. The van der Waals surface area contributed by atoms with Gasteiger partial charge in [-0.2, -0.15) is 5.26 Å². The van der Waals surface area contributed by atoms with Crippen molar-refractivity contribution in [2.24, 2.45) is 5.92 Å². The van der Waals surface area contributed by atoms with E-state index in [1.807, 2.05) is 12.1 Å². The summed E-state index contributed by atoms with van der Waals surface area (Å²) >= 11 is 6.33. The molecule has 1 N–H and O–H groups in total. The lowest BCUT2D eigenvalue weighted by Gasteiger charge is -2.30. The number of rotatable bonds is 5. The molecule has 1 aromatic carbocycles. The van der Waals surface area contributed by atoms with Crippen molar-refractivity contribution < 1.29 is 0 Å². The quantitative estimate of drug-likeness (QED) is 0.908. The number of nitrogens with one attached hydrogen (secondary N) is 1. The van der Waals surface area contributed by atoms with Crippen molar-refractivity contribution in [3.05, 3.63) is 34.3 Å². The highest BCUT2D eigenvalue weighted by Crippen LogP contribution is 2.31. The van der Waals surface area contributed by atoms with Gasteiger partial charge in [0.15, 0.2) is 0 Å². The van der Waals surface area contributed by atoms with Crippen LogP contribution in [0.15, 0.2) is 18.2 Å². The second-order valence-electron chi connectivity index (χ2n) is 6.27. The van der Waals surface area contributed by atoms with Crippen molar-refractivity contribution in [2.45, 2.75) is 38.3 Å². The molecule has 4 heteroatoms. The highest BCUT2D eigenvalue weighted by Gasteiger charge is 2.31. The molecule has 1 aliphatic carbocycles. The number of piperidine rings is 1. The predicted octanol–water partition coefficient (Wildman–Crippen LogP) is 3.18. The molecule has 112 valence electrons. The largest absolute Gasteiger partial charge is 0.317 e. The molecule has 2 aliphatic rings. The molecule has 0 spiro atoms. The van der Waals surface area contributed by atoms with Gasteiger partial charge in [-0.25, -0.2) is 0 Å². The zero-order valence-electron chi connectivity index (χ0n) is 12.3. The molecule has 0 bridgehead atoms. The zero-order valence-corrected chi connectivity index (χ0v) is 13.1. The van der Waals surface area contributed by atoms with E-state index in [-0.39, 0.29) is 0 Å². The second-order valence-corrected chi connectivity index (χ2v) is 6.68. The predicted molar refractivity (Wildman–Crippen MR) is 85.2 cm³/mol. The molecule has 21 heavy (non-hydrogen) atoms. The average molecular weight is 304 g/mol. The van der Waals surface area contributed by atoms with E-state index in [9.17, 15) is 0 Å². The maximum absolute atomic E-state index is 8.92. The van der Waals surface area contributed by atoms with Crippen LogP contribution in [0, 0.1) is 17.2 Å². The Kier molecular flexibility index (Phi) is 4.80. The van der Waals surface area contributed by atoms with Gasteiger partial charge in [0.2, 0.25) is 0 Å². The van der Waals surface area contributed by atoms with Crippen LogP contribution >= 0.6 is 11.6 Å². The third-order valence-corrected chi connectivity index (χ3v) is 4.92. The Morgan fingerprint density at radius 1 is 1.24 bits per heavy atom. The van der Waals surface area contributed by atoms with Gasteiger partial charge in [0.25, 0.3) is 0 Å². The third-order valence-electron chi connectivity index (χ3n) is 4.57. The van der Waals surface area contributed by atoms with Gasteiger partial charge < -0.3 is 5.32 Å². The summed E-state index contributed by atoms with van der Waals surface area (Å²) in [5.41, 5.74) is 1.79. The first-order chi connectivity index (χ1) is 10.3. The highest BCUT2D eigenvalue weighted by molar-refractivity contribution is 6.31. The van der Waals surface area contributed by atoms with Crippen LogP contribution in [0.5, 0.6) is 0 Å².